The highest BCUT2D eigenvalue weighted by Gasteiger charge is 2.32. The number of aromatic nitrogens is 2. The van der Waals surface area contributed by atoms with Crippen molar-refractivity contribution in [3.63, 3.8) is 0 Å². The summed E-state index contributed by atoms with van der Waals surface area (Å²) >= 11 is 0. The average molecular weight is 467 g/mol. The Morgan fingerprint density at radius 1 is 1.36 bits per heavy atom. The Morgan fingerprint density at radius 3 is 2.82 bits per heavy atom. The van der Waals surface area contributed by atoms with Crippen LogP contribution in [0.1, 0.15) is 16.8 Å². The van der Waals surface area contributed by atoms with E-state index >= 15 is 0 Å². The molecule has 2 heterocycles. The molecule has 13 heteroatoms. The highest BCUT2D eigenvalue weighted by Crippen LogP contribution is 2.31. The topological polar surface area (TPSA) is 133 Å². The first kappa shape index (κ1) is 24.0. The van der Waals surface area contributed by atoms with Gasteiger partial charge in [0.25, 0.3) is 5.56 Å². The summed E-state index contributed by atoms with van der Waals surface area (Å²) in [5.74, 6) is -0.459. The van der Waals surface area contributed by atoms with Crippen LogP contribution in [-0.2, 0) is 28.8 Å². The molecule has 0 saturated carbocycles. The molecule has 1 atom stereocenters. The van der Waals surface area contributed by atoms with Crippen LogP contribution in [0.2, 0.25) is 0 Å². The Labute approximate surface area is 187 Å². The zero-order valence-corrected chi connectivity index (χ0v) is 17.8. The molecule has 1 unspecified atom stereocenters. The molecule has 1 fully saturated rings. The maximum Gasteiger partial charge on any atom is 0.416 e. The minimum Gasteiger partial charge on any atom is -0.365 e. The number of carbonyl (C=O) groups is 1. The number of anilines is 1. The van der Waals surface area contributed by atoms with Gasteiger partial charge in [0.2, 0.25) is 11.9 Å². The molecule has 1 aromatic heterocycles. The Morgan fingerprint density at radius 2 is 2.12 bits per heavy atom. The standard InChI is InChI=1S/C20H24F3N7O3/c1-12-8-27-17(25-7-6-13-4-2-3-5-15(13)20(21,22)23)18(32)30(12)11-16(31)26-9-14-10-28-19(24)29-33-14/h2-5,8,14H,6-7,9-11H2,1H3,(H,25,27)(H,26,31)(H3,24,28,29). The molecule has 1 amide bonds. The molecule has 1 aliphatic heterocycles. The predicted octanol–water partition coefficient (Wildman–Crippen LogP) is 0.769. The maximum atomic E-state index is 13.1. The van der Waals surface area contributed by atoms with Crippen molar-refractivity contribution in [2.45, 2.75) is 32.2 Å². The van der Waals surface area contributed by atoms with E-state index in [1.807, 2.05) is 0 Å². The van der Waals surface area contributed by atoms with Gasteiger partial charge in [-0.15, -0.1) is 0 Å². The van der Waals surface area contributed by atoms with Gasteiger partial charge in [-0.2, -0.15) is 13.2 Å². The van der Waals surface area contributed by atoms with E-state index in [1.165, 1.54) is 29.0 Å². The third-order valence-electron chi connectivity index (χ3n) is 4.93. The smallest absolute Gasteiger partial charge is 0.365 e. The van der Waals surface area contributed by atoms with Crippen LogP contribution in [0.4, 0.5) is 19.0 Å². The van der Waals surface area contributed by atoms with Crippen LogP contribution in [0.15, 0.2) is 35.3 Å². The van der Waals surface area contributed by atoms with Crippen LogP contribution >= 0.6 is 0 Å². The lowest BCUT2D eigenvalue weighted by Crippen LogP contribution is -2.53. The van der Waals surface area contributed by atoms with Crippen molar-refractivity contribution < 1.29 is 22.8 Å². The van der Waals surface area contributed by atoms with Gasteiger partial charge in [-0.3, -0.25) is 24.4 Å². The monoisotopic (exact) mass is 467 g/mol. The highest BCUT2D eigenvalue weighted by molar-refractivity contribution is 5.76. The third-order valence-corrected chi connectivity index (χ3v) is 4.93. The summed E-state index contributed by atoms with van der Waals surface area (Å²) in [6, 6.07) is 5.25. The van der Waals surface area contributed by atoms with Crippen molar-refractivity contribution in [1.82, 2.24) is 25.7 Å². The molecule has 1 aliphatic rings. The molecule has 2 aromatic rings. The molecule has 5 N–H and O–H groups in total. The van der Waals surface area contributed by atoms with E-state index in [0.29, 0.717) is 12.2 Å². The molecule has 33 heavy (non-hydrogen) atoms. The zero-order valence-electron chi connectivity index (χ0n) is 17.8. The number of halogens is 3. The van der Waals surface area contributed by atoms with Gasteiger partial charge in [0, 0.05) is 31.5 Å². The Balaban J connectivity index is 1.59. The lowest BCUT2D eigenvalue weighted by atomic mass is 10.0. The second-order valence-electron chi connectivity index (χ2n) is 7.37. The van der Waals surface area contributed by atoms with Crippen molar-refractivity contribution in [3.8, 4) is 0 Å². The lowest BCUT2D eigenvalue weighted by Gasteiger charge is -2.25. The highest BCUT2D eigenvalue weighted by atomic mass is 19.4. The van der Waals surface area contributed by atoms with Crippen LogP contribution in [0.5, 0.6) is 0 Å². The van der Waals surface area contributed by atoms with Gasteiger partial charge in [0.15, 0.2) is 5.82 Å². The number of alkyl halides is 3. The second-order valence-corrected chi connectivity index (χ2v) is 7.37. The van der Waals surface area contributed by atoms with Crippen molar-refractivity contribution in [3.05, 3.63) is 57.6 Å². The first-order chi connectivity index (χ1) is 15.6. The lowest BCUT2D eigenvalue weighted by molar-refractivity contribution is -0.138. The van der Waals surface area contributed by atoms with Gasteiger partial charge < -0.3 is 16.0 Å². The minimum absolute atomic E-state index is 0.0264. The van der Waals surface area contributed by atoms with Crippen molar-refractivity contribution in [1.29, 1.82) is 5.41 Å². The summed E-state index contributed by atoms with van der Waals surface area (Å²) in [6.45, 7) is 1.91. The molecule has 1 saturated heterocycles. The van der Waals surface area contributed by atoms with Crippen LogP contribution in [0, 0.1) is 12.3 Å². The van der Waals surface area contributed by atoms with E-state index in [-0.39, 0.29) is 43.4 Å². The Bertz CT molecular complexity index is 1060. The molecule has 0 radical (unpaired) electrons. The first-order valence-corrected chi connectivity index (χ1v) is 10.1. The van der Waals surface area contributed by atoms with Gasteiger partial charge in [0.05, 0.1) is 5.56 Å². The quantitative estimate of drug-likeness (QED) is 0.387. The van der Waals surface area contributed by atoms with Crippen molar-refractivity contribution >= 4 is 17.7 Å². The number of amides is 1. The number of rotatable bonds is 8. The van der Waals surface area contributed by atoms with E-state index in [4.69, 9.17) is 10.2 Å². The number of benzene rings is 1. The summed E-state index contributed by atoms with van der Waals surface area (Å²) in [4.78, 5) is 34.2. The number of nitrogens with zero attached hydrogens (tertiary/aromatic N) is 2. The summed E-state index contributed by atoms with van der Waals surface area (Å²) in [6.07, 6.45) is -3.42. The maximum absolute atomic E-state index is 13.1. The van der Waals surface area contributed by atoms with Gasteiger partial charge in [-0.25, -0.2) is 10.5 Å². The summed E-state index contributed by atoms with van der Waals surface area (Å²) < 4.78 is 40.6. The number of carbonyl (C=O) groups excluding carboxylic acids is 1. The van der Waals surface area contributed by atoms with Gasteiger partial charge in [-0.05, 0) is 25.0 Å². The molecule has 0 aliphatic carbocycles. The van der Waals surface area contributed by atoms with Gasteiger partial charge in [0.1, 0.15) is 12.6 Å². The molecule has 1 aromatic carbocycles. The van der Waals surface area contributed by atoms with Crippen LogP contribution in [0.3, 0.4) is 0 Å². The molecule has 178 valence electrons. The molecular weight excluding hydrogens is 443 g/mol. The van der Waals surface area contributed by atoms with Crippen molar-refractivity contribution in [2.75, 3.05) is 25.0 Å². The molecule has 10 nitrogen and oxygen atoms in total. The van der Waals surface area contributed by atoms with E-state index in [9.17, 15) is 22.8 Å². The fourth-order valence-corrected chi connectivity index (χ4v) is 3.20. The molecule has 0 spiro atoms. The van der Waals surface area contributed by atoms with Gasteiger partial charge >= 0.3 is 6.18 Å². The number of hydrogen-bond donors (Lipinski definition) is 5. The van der Waals surface area contributed by atoms with E-state index < -0.39 is 29.3 Å². The van der Waals surface area contributed by atoms with Gasteiger partial charge in [-0.1, -0.05) is 18.2 Å². The van der Waals surface area contributed by atoms with Crippen LogP contribution in [-0.4, -0.2) is 47.2 Å². The Kier molecular flexibility index (Phi) is 7.53. The first-order valence-electron chi connectivity index (χ1n) is 10.1. The minimum atomic E-state index is -4.46. The molecular formula is C20H24F3N7O3. The molecule has 0 bridgehead atoms. The fraction of sp³-hybridized carbons (Fsp3) is 0.400. The number of nitrogens with one attached hydrogen (secondary N) is 5. The Hall–Kier alpha value is -3.61. The number of hydrogen-bond acceptors (Lipinski definition) is 6. The largest absolute Gasteiger partial charge is 0.416 e. The average Bonchev–Trinajstić information content (AvgIpc) is 2.77. The number of aryl methyl sites for hydroxylation is 1. The summed E-state index contributed by atoms with van der Waals surface area (Å²) in [5.41, 5.74) is 1.64. The number of guanidine groups is 1. The molecule has 3 rings (SSSR count). The van der Waals surface area contributed by atoms with Crippen LogP contribution < -0.4 is 27.0 Å². The van der Waals surface area contributed by atoms with E-state index in [0.717, 1.165) is 6.07 Å². The third kappa shape index (κ3) is 6.44. The van der Waals surface area contributed by atoms with E-state index in [2.05, 4.69) is 26.4 Å². The van der Waals surface area contributed by atoms with Crippen molar-refractivity contribution in [2.24, 2.45) is 0 Å². The normalized spacial score (nSPS) is 16.0. The van der Waals surface area contributed by atoms with Crippen LogP contribution in [0.25, 0.3) is 0 Å². The number of hydroxylamine groups is 1. The summed E-state index contributed by atoms with van der Waals surface area (Å²) in [7, 11) is 0. The zero-order chi connectivity index (χ0) is 24.0. The fourth-order valence-electron chi connectivity index (χ4n) is 3.20. The SMILES string of the molecule is Cc1cnc(NCCc2ccccc2C(F)(F)F)c(=O)n1CC(=O)NCC1CNC(=N)NO1. The summed E-state index contributed by atoms with van der Waals surface area (Å²) in [5, 5.41) is 15.5. The predicted molar refractivity (Wildman–Crippen MR) is 114 cm³/mol. The second kappa shape index (κ2) is 10.3. The van der Waals surface area contributed by atoms with E-state index in [1.54, 1.807) is 6.92 Å².